The number of rotatable bonds is 4. The highest BCUT2D eigenvalue weighted by Crippen LogP contribution is 2.31. The molecular weight excluding hydrogens is 228 g/mol. The van der Waals surface area contributed by atoms with Gasteiger partial charge in [-0.2, -0.15) is 0 Å². The van der Waals surface area contributed by atoms with Crippen molar-refractivity contribution in [1.29, 1.82) is 0 Å². The molecule has 1 heterocycles. The third kappa shape index (κ3) is 2.93. The first-order valence-corrected chi connectivity index (χ1v) is 6.48. The van der Waals surface area contributed by atoms with Crippen molar-refractivity contribution in [3.8, 4) is 0 Å². The van der Waals surface area contributed by atoms with E-state index < -0.39 is 6.04 Å². The Morgan fingerprint density at radius 2 is 2.22 bits per heavy atom. The minimum Gasteiger partial charge on any atom is -0.467 e. The molecule has 1 saturated carbocycles. The Hall–Kier alpha value is -1.29. The zero-order chi connectivity index (χ0) is 13.3. The van der Waals surface area contributed by atoms with E-state index in [1.165, 1.54) is 0 Å². The summed E-state index contributed by atoms with van der Waals surface area (Å²) >= 11 is 0. The van der Waals surface area contributed by atoms with Gasteiger partial charge >= 0.3 is 0 Å². The van der Waals surface area contributed by atoms with Gasteiger partial charge in [-0.25, -0.2) is 0 Å². The molecule has 1 aromatic heterocycles. The molecule has 0 saturated heterocycles. The van der Waals surface area contributed by atoms with Crippen molar-refractivity contribution < 1.29 is 9.21 Å². The van der Waals surface area contributed by atoms with E-state index >= 15 is 0 Å². The van der Waals surface area contributed by atoms with Gasteiger partial charge in [-0.3, -0.25) is 4.79 Å². The molecule has 4 heteroatoms. The van der Waals surface area contributed by atoms with Crippen molar-refractivity contribution in [3.05, 3.63) is 24.2 Å². The fourth-order valence-electron chi connectivity index (χ4n) is 1.89. The van der Waals surface area contributed by atoms with Gasteiger partial charge in [0, 0.05) is 6.04 Å². The molecule has 0 radical (unpaired) electrons. The second-order valence-electron chi connectivity index (χ2n) is 6.12. The highest BCUT2D eigenvalue weighted by atomic mass is 16.3. The molecule has 1 unspecified atom stereocenters. The number of nitrogens with zero attached hydrogens (tertiary/aromatic N) is 1. The first kappa shape index (κ1) is 13.1. The van der Waals surface area contributed by atoms with E-state index in [4.69, 9.17) is 10.2 Å². The minimum atomic E-state index is -0.465. The Balaban J connectivity index is 2.08. The number of nitrogens with two attached hydrogens (primary N) is 1. The van der Waals surface area contributed by atoms with E-state index in [1.807, 2.05) is 37.8 Å². The number of hydrogen-bond acceptors (Lipinski definition) is 3. The van der Waals surface area contributed by atoms with Crippen LogP contribution in [-0.4, -0.2) is 22.9 Å². The number of amides is 1. The van der Waals surface area contributed by atoms with Crippen LogP contribution in [0.3, 0.4) is 0 Å². The summed E-state index contributed by atoms with van der Waals surface area (Å²) in [4.78, 5) is 14.3. The summed E-state index contributed by atoms with van der Waals surface area (Å²) in [5, 5.41) is 0. The number of furan rings is 1. The fraction of sp³-hybridized carbons (Fsp3) is 0.643. The molecular formula is C14H22N2O2. The van der Waals surface area contributed by atoms with E-state index in [0.717, 1.165) is 18.6 Å². The topological polar surface area (TPSA) is 59.5 Å². The molecule has 0 aliphatic heterocycles. The lowest BCUT2D eigenvalue weighted by Gasteiger charge is -2.31. The molecule has 100 valence electrons. The van der Waals surface area contributed by atoms with Crippen molar-refractivity contribution >= 4 is 5.91 Å². The van der Waals surface area contributed by atoms with Gasteiger partial charge in [0.1, 0.15) is 5.76 Å². The monoisotopic (exact) mass is 250 g/mol. The number of carbonyl (C=O) groups excluding carboxylic acids is 1. The van der Waals surface area contributed by atoms with E-state index in [1.54, 1.807) is 6.26 Å². The quantitative estimate of drug-likeness (QED) is 0.890. The molecule has 1 aromatic rings. The van der Waals surface area contributed by atoms with Crippen LogP contribution in [0.2, 0.25) is 0 Å². The van der Waals surface area contributed by atoms with Gasteiger partial charge in [0.15, 0.2) is 0 Å². The Morgan fingerprint density at radius 1 is 1.56 bits per heavy atom. The molecule has 1 fully saturated rings. The summed E-state index contributed by atoms with van der Waals surface area (Å²) in [6.45, 7) is 6.51. The van der Waals surface area contributed by atoms with Gasteiger partial charge < -0.3 is 15.1 Å². The first-order chi connectivity index (χ1) is 8.39. The molecule has 1 aliphatic carbocycles. The third-order valence-corrected chi connectivity index (χ3v) is 3.38. The average Bonchev–Trinajstić information content (AvgIpc) is 3.00. The molecule has 1 amide bonds. The fourth-order valence-corrected chi connectivity index (χ4v) is 1.89. The Labute approximate surface area is 108 Å². The largest absolute Gasteiger partial charge is 0.467 e. The van der Waals surface area contributed by atoms with Crippen LogP contribution < -0.4 is 5.73 Å². The highest BCUT2D eigenvalue weighted by molar-refractivity contribution is 5.83. The summed E-state index contributed by atoms with van der Waals surface area (Å²) in [5.41, 5.74) is 5.85. The lowest BCUT2D eigenvalue weighted by molar-refractivity contribution is -0.136. The van der Waals surface area contributed by atoms with Crippen molar-refractivity contribution in [2.75, 3.05) is 0 Å². The highest BCUT2D eigenvalue weighted by Gasteiger charge is 2.38. The molecule has 0 spiro atoms. The number of hydrogen-bond donors (Lipinski definition) is 1. The minimum absolute atomic E-state index is 0.0291. The van der Waals surface area contributed by atoms with Crippen LogP contribution in [0.25, 0.3) is 0 Å². The summed E-state index contributed by atoms with van der Waals surface area (Å²) in [7, 11) is 0. The second kappa shape index (κ2) is 4.76. The van der Waals surface area contributed by atoms with Gasteiger partial charge in [-0.1, -0.05) is 20.8 Å². The normalized spacial score (nSPS) is 17.6. The summed E-state index contributed by atoms with van der Waals surface area (Å²) in [5.74, 6) is 0.845. The standard InChI is InChI=1S/C14H22N2O2/c1-14(2,3)12(15)13(17)16(10-6-7-10)9-11-5-4-8-18-11/h4-5,8,10,12H,6-7,9,15H2,1-3H3. The molecule has 1 atom stereocenters. The predicted molar refractivity (Wildman–Crippen MR) is 69.7 cm³/mol. The summed E-state index contributed by atoms with van der Waals surface area (Å²) in [6, 6.07) is 3.61. The molecule has 0 bridgehead atoms. The van der Waals surface area contributed by atoms with Crippen molar-refractivity contribution in [3.63, 3.8) is 0 Å². The van der Waals surface area contributed by atoms with Gasteiger partial charge in [0.05, 0.1) is 18.8 Å². The Kier molecular flexibility index (Phi) is 3.48. The predicted octanol–water partition coefficient (Wildman–Crippen LogP) is 2.14. The van der Waals surface area contributed by atoms with Crippen LogP contribution >= 0.6 is 0 Å². The van der Waals surface area contributed by atoms with Crippen LogP contribution in [0.5, 0.6) is 0 Å². The van der Waals surface area contributed by atoms with Crippen molar-refractivity contribution in [2.24, 2.45) is 11.1 Å². The summed E-state index contributed by atoms with van der Waals surface area (Å²) in [6.07, 6.45) is 3.78. The maximum atomic E-state index is 12.5. The van der Waals surface area contributed by atoms with Crippen molar-refractivity contribution in [2.45, 2.75) is 52.2 Å². The van der Waals surface area contributed by atoms with Crippen LogP contribution in [0.1, 0.15) is 39.4 Å². The van der Waals surface area contributed by atoms with Gasteiger partial charge in [0.25, 0.3) is 0 Å². The molecule has 1 aliphatic rings. The molecule has 4 nitrogen and oxygen atoms in total. The van der Waals surface area contributed by atoms with Gasteiger partial charge in [-0.15, -0.1) is 0 Å². The van der Waals surface area contributed by atoms with Crippen LogP contribution in [0.15, 0.2) is 22.8 Å². The molecule has 2 rings (SSSR count). The first-order valence-electron chi connectivity index (χ1n) is 6.48. The van der Waals surface area contributed by atoms with E-state index in [-0.39, 0.29) is 11.3 Å². The SMILES string of the molecule is CC(C)(C)C(N)C(=O)N(Cc1ccco1)C1CC1. The Morgan fingerprint density at radius 3 is 2.67 bits per heavy atom. The van der Waals surface area contributed by atoms with Crippen LogP contribution in [0.4, 0.5) is 0 Å². The summed E-state index contributed by atoms with van der Waals surface area (Å²) < 4.78 is 5.32. The van der Waals surface area contributed by atoms with Gasteiger partial charge in [0.2, 0.25) is 5.91 Å². The van der Waals surface area contributed by atoms with Crippen LogP contribution in [0, 0.1) is 5.41 Å². The van der Waals surface area contributed by atoms with Crippen molar-refractivity contribution in [1.82, 2.24) is 4.90 Å². The lowest BCUT2D eigenvalue weighted by atomic mass is 9.86. The zero-order valence-corrected chi connectivity index (χ0v) is 11.3. The van der Waals surface area contributed by atoms with E-state index in [2.05, 4.69) is 0 Å². The number of carbonyl (C=O) groups is 1. The maximum Gasteiger partial charge on any atom is 0.240 e. The zero-order valence-electron chi connectivity index (χ0n) is 11.3. The van der Waals surface area contributed by atoms with E-state index in [9.17, 15) is 4.79 Å². The molecule has 2 N–H and O–H groups in total. The Bertz CT molecular complexity index is 402. The third-order valence-electron chi connectivity index (χ3n) is 3.38. The smallest absolute Gasteiger partial charge is 0.240 e. The second-order valence-corrected chi connectivity index (χ2v) is 6.12. The molecule has 18 heavy (non-hydrogen) atoms. The lowest BCUT2D eigenvalue weighted by Crippen LogP contribution is -2.50. The molecule has 0 aromatic carbocycles. The van der Waals surface area contributed by atoms with Gasteiger partial charge in [-0.05, 0) is 30.4 Å². The van der Waals surface area contributed by atoms with E-state index in [0.29, 0.717) is 12.6 Å². The average molecular weight is 250 g/mol. The van der Waals surface area contributed by atoms with Crippen LogP contribution in [-0.2, 0) is 11.3 Å². The maximum absolute atomic E-state index is 12.5.